The number of nitrogens with zero attached hydrogens (tertiary/aromatic N) is 2. The van der Waals surface area contributed by atoms with Gasteiger partial charge in [0.05, 0.1) is 11.1 Å². The predicted octanol–water partition coefficient (Wildman–Crippen LogP) is 4.61. The van der Waals surface area contributed by atoms with Crippen LogP contribution in [0.3, 0.4) is 0 Å². The molecule has 0 aliphatic heterocycles. The zero-order valence-corrected chi connectivity index (χ0v) is 20.1. The Morgan fingerprint density at radius 2 is 2.19 bits per heavy atom. The van der Waals surface area contributed by atoms with Crippen molar-refractivity contribution < 1.29 is 4.79 Å². The van der Waals surface area contributed by atoms with Crippen molar-refractivity contribution in [3.63, 3.8) is 0 Å². The number of amides is 1. The molecule has 2 aromatic heterocycles. The molecule has 1 N–H and O–H groups in total. The van der Waals surface area contributed by atoms with Gasteiger partial charge in [0.2, 0.25) is 5.91 Å². The Morgan fingerprint density at radius 1 is 1.38 bits per heavy atom. The topological polar surface area (TPSA) is 64.0 Å². The van der Waals surface area contributed by atoms with Crippen LogP contribution in [0.25, 0.3) is 10.2 Å². The van der Waals surface area contributed by atoms with Crippen molar-refractivity contribution in [1.29, 1.82) is 0 Å². The van der Waals surface area contributed by atoms with Gasteiger partial charge in [0.1, 0.15) is 4.83 Å². The van der Waals surface area contributed by atoms with Gasteiger partial charge in [0.25, 0.3) is 5.56 Å². The maximum absolute atomic E-state index is 13.3. The highest BCUT2D eigenvalue weighted by molar-refractivity contribution is 7.99. The average molecular weight is 468 g/mol. The lowest BCUT2D eigenvalue weighted by Gasteiger charge is -2.17. The molecular formula is C25H29N3O2S2. The van der Waals surface area contributed by atoms with Crippen LogP contribution in [0.15, 0.2) is 52.9 Å². The van der Waals surface area contributed by atoms with E-state index in [-0.39, 0.29) is 17.2 Å². The van der Waals surface area contributed by atoms with Crippen molar-refractivity contribution in [3.05, 3.63) is 69.3 Å². The first-order valence-electron chi connectivity index (χ1n) is 11.2. The first kappa shape index (κ1) is 22.8. The summed E-state index contributed by atoms with van der Waals surface area (Å²) in [4.78, 5) is 32.6. The van der Waals surface area contributed by atoms with E-state index in [1.807, 2.05) is 18.2 Å². The van der Waals surface area contributed by atoms with E-state index in [1.54, 1.807) is 22.0 Å². The minimum Gasteiger partial charge on any atom is -0.355 e. The molecule has 0 spiro atoms. The zero-order chi connectivity index (χ0) is 22.5. The van der Waals surface area contributed by atoms with Gasteiger partial charge in [-0.3, -0.25) is 14.2 Å². The van der Waals surface area contributed by atoms with E-state index in [9.17, 15) is 9.59 Å². The number of allylic oxidation sites excluding steroid dienone is 1. The lowest BCUT2D eigenvalue weighted by Crippen LogP contribution is -2.28. The molecule has 7 heteroatoms. The average Bonchev–Trinajstić information content (AvgIpc) is 3.15. The molecule has 0 radical (unpaired) electrons. The van der Waals surface area contributed by atoms with E-state index in [0.717, 1.165) is 42.3 Å². The predicted molar refractivity (Wildman–Crippen MR) is 134 cm³/mol. The maximum Gasteiger partial charge on any atom is 0.263 e. The molecule has 0 bridgehead atoms. The van der Waals surface area contributed by atoms with Crippen molar-refractivity contribution in [2.45, 2.75) is 50.7 Å². The first-order chi connectivity index (χ1) is 15.6. The molecule has 0 saturated heterocycles. The number of benzene rings is 1. The summed E-state index contributed by atoms with van der Waals surface area (Å²) in [6.07, 6.45) is 6.62. The van der Waals surface area contributed by atoms with Crippen LogP contribution < -0.4 is 10.9 Å². The normalized spacial score (nSPS) is 15.5. The van der Waals surface area contributed by atoms with Crippen LogP contribution in [0.4, 0.5) is 0 Å². The molecule has 1 atom stereocenters. The molecule has 0 fully saturated rings. The Hall–Kier alpha value is -2.38. The molecule has 1 aromatic carbocycles. The highest BCUT2D eigenvalue weighted by atomic mass is 32.2. The minimum absolute atomic E-state index is 0.00674. The second kappa shape index (κ2) is 10.5. The van der Waals surface area contributed by atoms with E-state index >= 15 is 0 Å². The Morgan fingerprint density at radius 3 is 2.97 bits per heavy atom. The van der Waals surface area contributed by atoms with Gasteiger partial charge in [-0.05, 0) is 49.1 Å². The summed E-state index contributed by atoms with van der Waals surface area (Å²) in [5.41, 5.74) is 2.45. The van der Waals surface area contributed by atoms with Crippen LogP contribution in [0.5, 0.6) is 0 Å². The lowest BCUT2D eigenvalue weighted by molar-refractivity contribution is -0.118. The number of thioether (sulfide) groups is 1. The Kier molecular flexibility index (Phi) is 7.48. The molecule has 1 amide bonds. The van der Waals surface area contributed by atoms with Gasteiger partial charge < -0.3 is 5.32 Å². The Bertz CT molecular complexity index is 1170. The maximum atomic E-state index is 13.3. The second-order valence-corrected chi connectivity index (χ2v) is 10.4. The van der Waals surface area contributed by atoms with Gasteiger partial charge in [-0.15, -0.1) is 17.9 Å². The number of carbonyl (C=O) groups excluding carboxylic acids is 1. The Balaban J connectivity index is 1.42. The van der Waals surface area contributed by atoms with Crippen LogP contribution in [-0.4, -0.2) is 27.8 Å². The molecule has 3 aromatic rings. The smallest absolute Gasteiger partial charge is 0.263 e. The van der Waals surface area contributed by atoms with E-state index in [0.29, 0.717) is 24.2 Å². The summed E-state index contributed by atoms with van der Waals surface area (Å²) in [6, 6.07) is 10.3. The molecular weight excluding hydrogens is 438 g/mol. The number of fused-ring (bicyclic) bond motifs is 3. The van der Waals surface area contributed by atoms with Crippen LogP contribution >= 0.6 is 23.1 Å². The third-order valence-electron chi connectivity index (χ3n) is 5.83. The zero-order valence-electron chi connectivity index (χ0n) is 18.4. The lowest BCUT2D eigenvalue weighted by atomic mass is 9.89. The summed E-state index contributed by atoms with van der Waals surface area (Å²) in [5.74, 6) is 0.843. The summed E-state index contributed by atoms with van der Waals surface area (Å²) < 4.78 is 1.66. The molecule has 32 heavy (non-hydrogen) atoms. The minimum atomic E-state index is -0.0399. The quantitative estimate of drug-likeness (QED) is 0.216. The summed E-state index contributed by atoms with van der Waals surface area (Å²) in [5, 5.41) is 4.34. The number of carbonyl (C=O) groups is 1. The summed E-state index contributed by atoms with van der Waals surface area (Å²) in [7, 11) is 0. The highest BCUT2D eigenvalue weighted by Crippen LogP contribution is 2.36. The third kappa shape index (κ3) is 5.15. The highest BCUT2D eigenvalue weighted by Gasteiger charge is 2.24. The van der Waals surface area contributed by atoms with Gasteiger partial charge in [-0.1, -0.05) is 55.1 Å². The van der Waals surface area contributed by atoms with Crippen LogP contribution in [0.2, 0.25) is 0 Å². The molecule has 4 rings (SSSR count). The monoisotopic (exact) mass is 467 g/mol. The number of rotatable bonds is 9. The third-order valence-corrected chi connectivity index (χ3v) is 7.96. The van der Waals surface area contributed by atoms with Gasteiger partial charge >= 0.3 is 0 Å². The van der Waals surface area contributed by atoms with E-state index in [2.05, 4.69) is 31.0 Å². The molecule has 1 unspecified atom stereocenters. The van der Waals surface area contributed by atoms with Crippen molar-refractivity contribution in [3.8, 4) is 0 Å². The van der Waals surface area contributed by atoms with Crippen LogP contribution in [0, 0.1) is 5.92 Å². The summed E-state index contributed by atoms with van der Waals surface area (Å²) >= 11 is 2.97. The molecule has 1 aliphatic rings. The molecule has 5 nitrogen and oxygen atoms in total. The van der Waals surface area contributed by atoms with E-state index in [4.69, 9.17) is 4.98 Å². The van der Waals surface area contributed by atoms with Crippen molar-refractivity contribution in [2.75, 3.05) is 12.3 Å². The van der Waals surface area contributed by atoms with Crippen molar-refractivity contribution in [1.82, 2.24) is 14.9 Å². The van der Waals surface area contributed by atoms with Crippen molar-refractivity contribution in [2.24, 2.45) is 5.92 Å². The molecule has 1 aliphatic carbocycles. The second-order valence-electron chi connectivity index (χ2n) is 8.36. The molecule has 168 valence electrons. The number of hydrogen-bond donors (Lipinski definition) is 1. The van der Waals surface area contributed by atoms with E-state index < -0.39 is 0 Å². The standard InChI is InChI=1S/C25H29N3O2S2/c1-3-14-28-24(30)22-19-12-11-17(2)15-20(19)32-23(22)27-25(28)31-16-21(29)26-13-7-10-18-8-5-4-6-9-18/h3-6,8-9,17H,1,7,10-16H2,2H3,(H,26,29). The molecule has 0 saturated carbocycles. The fraction of sp³-hybridized carbons (Fsp3) is 0.400. The SMILES string of the molecule is C=CCn1c(SCC(=O)NCCCc2ccccc2)nc2sc3c(c2c1=O)CCC(C)C3. The van der Waals surface area contributed by atoms with Gasteiger partial charge in [0, 0.05) is 18.0 Å². The number of thiophene rings is 1. The van der Waals surface area contributed by atoms with Gasteiger partial charge in [-0.25, -0.2) is 4.98 Å². The molecule has 2 heterocycles. The number of nitrogens with one attached hydrogen (secondary N) is 1. The number of hydrogen-bond acceptors (Lipinski definition) is 5. The largest absolute Gasteiger partial charge is 0.355 e. The van der Waals surface area contributed by atoms with Crippen LogP contribution in [-0.2, 0) is 30.6 Å². The fourth-order valence-electron chi connectivity index (χ4n) is 4.15. The Labute approximate surface area is 197 Å². The van der Waals surface area contributed by atoms with Gasteiger partial charge in [-0.2, -0.15) is 0 Å². The number of aryl methyl sites for hydroxylation is 2. The van der Waals surface area contributed by atoms with Gasteiger partial charge in [0.15, 0.2) is 5.16 Å². The number of aromatic nitrogens is 2. The van der Waals surface area contributed by atoms with Crippen LogP contribution in [0.1, 0.15) is 35.8 Å². The first-order valence-corrected chi connectivity index (χ1v) is 13.0. The fourth-order valence-corrected chi connectivity index (χ4v) is 6.41. The summed E-state index contributed by atoms with van der Waals surface area (Å²) in [6.45, 7) is 7.09. The van der Waals surface area contributed by atoms with Crippen molar-refractivity contribution >= 4 is 39.2 Å². The van der Waals surface area contributed by atoms with E-state index in [1.165, 1.54) is 27.8 Å².